The number of anilines is 1. The Bertz CT molecular complexity index is 466. The normalized spacial score (nSPS) is 18.1. The van der Waals surface area contributed by atoms with Crippen molar-refractivity contribution in [3.63, 3.8) is 0 Å². The van der Waals surface area contributed by atoms with Gasteiger partial charge in [-0.3, -0.25) is 4.79 Å². The molecular formula is C14H22N4O2. The molecule has 1 saturated heterocycles. The van der Waals surface area contributed by atoms with E-state index < -0.39 is 0 Å². The van der Waals surface area contributed by atoms with Crippen LogP contribution in [0.3, 0.4) is 0 Å². The molecular weight excluding hydrogens is 256 g/mol. The van der Waals surface area contributed by atoms with Crippen LogP contribution in [0.15, 0.2) is 12.3 Å². The van der Waals surface area contributed by atoms with Crippen LogP contribution in [-0.4, -0.2) is 54.1 Å². The Morgan fingerprint density at radius 2 is 2.40 bits per heavy atom. The molecule has 1 aliphatic rings. The zero-order valence-electron chi connectivity index (χ0n) is 12.4. The lowest BCUT2D eigenvalue weighted by Crippen LogP contribution is -2.31. The Morgan fingerprint density at radius 1 is 1.60 bits per heavy atom. The number of hydrogen-bond acceptors (Lipinski definition) is 5. The third kappa shape index (κ3) is 3.59. The van der Waals surface area contributed by atoms with E-state index in [1.165, 1.54) is 0 Å². The highest BCUT2D eigenvalue weighted by Crippen LogP contribution is 2.19. The first kappa shape index (κ1) is 14.6. The van der Waals surface area contributed by atoms with E-state index in [4.69, 9.17) is 4.74 Å². The maximum atomic E-state index is 11.3. The first-order valence-corrected chi connectivity index (χ1v) is 7.02. The molecule has 2 heterocycles. The van der Waals surface area contributed by atoms with Crippen LogP contribution in [0.5, 0.6) is 5.88 Å². The number of ether oxygens (including phenoxy) is 1. The highest BCUT2D eigenvalue weighted by atomic mass is 16.5. The summed E-state index contributed by atoms with van der Waals surface area (Å²) in [6.07, 6.45) is 2.75. The van der Waals surface area contributed by atoms with Gasteiger partial charge in [-0.2, -0.15) is 4.98 Å². The molecule has 1 atom stereocenters. The van der Waals surface area contributed by atoms with Crippen molar-refractivity contribution in [3.8, 4) is 5.88 Å². The molecule has 0 N–H and O–H groups in total. The lowest BCUT2D eigenvalue weighted by molar-refractivity contribution is -0.127. The van der Waals surface area contributed by atoms with Gasteiger partial charge < -0.3 is 14.5 Å². The number of carbonyl (C=O) groups excluding carboxylic acids is 1. The molecule has 1 fully saturated rings. The van der Waals surface area contributed by atoms with Gasteiger partial charge in [0.1, 0.15) is 0 Å². The average Bonchev–Trinajstić information content (AvgIpc) is 2.88. The monoisotopic (exact) mass is 278 g/mol. The molecule has 6 heteroatoms. The Kier molecular flexibility index (Phi) is 4.76. The third-order valence-corrected chi connectivity index (χ3v) is 3.51. The van der Waals surface area contributed by atoms with Gasteiger partial charge in [-0.25, -0.2) is 4.98 Å². The van der Waals surface area contributed by atoms with Gasteiger partial charge in [0.2, 0.25) is 17.7 Å². The number of hydrogen-bond donors (Lipinski definition) is 0. The second kappa shape index (κ2) is 6.54. The van der Waals surface area contributed by atoms with Gasteiger partial charge in [0.15, 0.2) is 0 Å². The van der Waals surface area contributed by atoms with Crippen molar-refractivity contribution in [2.24, 2.45) is 5.92 Å². The van der Waals surface area contributed by atoms with E-state index in [1.807, 2.05) is 23.8 Å². The van der Waals surface area contributed by atoms with E-state index in [0.29, 0.717) is 24.4 Å². The van der Waals surface area contributed by atoms with Gasteiger partial charge in [-0.15, -0.1) is 0 Å². The summed E-state index contributed by atoms with van der Waals surface area (Å²) >= 11 is 0. The fourth-order valence-electron chi connectivity index (χ4n) is 2.48. The first-order valence-electron chi connectivity index (χ1n) is 7.02. The maximum Gasteiger partial charge on any atom is 0.228 e. The molecule has 1 amide bonds. The summed E-state index contributed by atoms with van der Waals surface area (Å²) in [6, 6.07) is 1.76. The largest absolute Gasteiger partial charge is 0.478 e. The van der Waals surface area contributed by atoms with Gasteiger partial charge >= 0.3 is 0 Å². The molecule has 1 aliphatic heterocycles. The van der Waals surface area contributed by atoms with Crippen molar-refractivity contribution in [3.05, 3.63) is 12.3 Å². The van der Waals surface area contributed by atoms with Crippen molar-refractivity contribution in [2.75, 3.05) is 38.2 Å². The molecule has 0 saturated carbocycles. The minimum Gasteiger partial charge on any atom is -0.478 e. The van der Waals surface area contributed by atoms with Crippen LogP contribution >= 0.6 is 0 Å². The predicted molar refractivity (Wildman–Crippen MR) is 76.8 cm³/mol. The fraction of sp³-hybridized carbons (Fsp3) is 0.643. The summed E-state index contributed by atoms with van der Waals surface area (Å²) in [5, 5.41) is 0. The van der Waals surface area contributed by atoms with Gasteiger partial charge in [0, 0.05) is 45.9 Å². The summed E-state index contributed by atoms with van der Waals surface area (Å²) in [5.41, 5.74) is 0. The Labute approximate surface area is 119 Å². The molecule has 2 rings (SSSR count). The molecule has 110 valence electrons. The Balaban J connectivity index is 1.93. The van der Waals surface area contributed by atoms with Crippen molar-refractivity contribution in [2.45, 2.75) is 20.3 Å². The molecule has 0 radical (unpaired) electrons. The van der Waals surface area contributed by atoms with Crippen LogP contribution in [0.25, 0.3) is 0 Å². The predicted octanol–water partition coefficient (Wildman–Crippen LogP) is 1.18. The van der Waals surface area contributed by atoms with Crippen molar-refractivity contribution in [1.29, 1.82) is 0 Å². The Morgan fingerprint density at radius 3 is 3.05 bits per heavy atom. The summed E-state index contributed by atoms with van der Waals surface area (Å²) in [6.45, 7) is 6.68. The SMILES string of the molecule is CCOc1ccnc(N(C)CC2CCN(C(C)=O)C2)n1. The minimum absolute atomic E-state index is 0.157. The van der Waals surface area contributed by atoms with Crippen LogP contribution in [0, 0.1) is 5.92 Å². The molecule has 0 aliphatic carbocycles. The van der Waals surface area contributed by atoms with Gasteiger partial charge in [0.25, 0.3) is 0 Å². The lowest BCUT2D eigenvalue weighted by atomic mass is 10.1. The van der Waals surface area contributed by atoms with Gasteiger partial charge in [0.05, 0.1) is 6.61 Å². The first-order chi connectivity index (χ1) is 9.60. The van der Waals surface area contributed by atoms with Crippen LogP contribution in [0.1, 0.15) is 20.3 Å². The average molecular weight is 278 g/mol. The van der Waals surface area contributed by atoms with Crippen molar-refractivity contribution < 1.29 is 9.53 Å². The number of nitrogens with zero attached hydrogens (tertiary/aromatic N) is 4. The molecule has 6 nitrogen and oxygen atoms in total. The second-order valence-electron chi connectivity index (χ2n) is 5.13. The number of amides is 1. The summed E-state index contributed by atoms with van der Waals surface area (Å²) in [5.74, 6) is 1.89. The highest BCUT2D eigenvalue weighted by molar-refractivity contribution is 5.73. The minimum atomic E-state index is 0.157. The van der Waals surface area contributed by atoms with E-state index >= 15 is 0 Å². The topological polar surface area (TPSA) is 58.6 Å². The van der Waals surface area contributed by atoms with Crippen molar-refractivity contribution in [1.82, 2.24) is 14.9 Å². The third-order valence-electron chi connectivity index (χ3n) is 3.51. The van der Waals surface area contributed by atoms with E-state index in [1.54, 1.807) is 19.2 Å². The molecule has 0 bridgehead atoms. The fourth-order valence-corrected chi connectivity index (χ4v) is 2.48. The molecule has 0 spiro atoms. The number of carbonyl (C=O) groups is 1. The van der Waals surface area contributed by atoms with Gasteiger partial charge in [-0.1, -0.05) is 0 Å². The maximum absolute atomic E-state index is 11.3. The van der Waals surface area contributed by atoms with E-state index in [0.717, 1.165) is 26.1 Å². The standard InChI is InChI=1S/C14H22N4O2/c1-4-20-13-5-7-15-14(16-13)17(3)9-12-6-8-18(10-12)11(2)19/h5,7,12H,4,6,8-10H2,1-3H3. The summed E-state index contributed by atoms with van der Waals surface area (Å²) in [7, 11) is 1.97. The molecule has 1 unspecified atom stereocenters. The van der Waals surface area contributed by atoms with Crippen LogP contribution in [-0.2, 0) is 4.79 Å². The number of likely N-dealkylation sites (tertiary alicyclic amines) is 1. The second-order valence-corrected chi connectivity index (χ2v) is 5.13. The summed E-state index contributed by atoms with van der Waals surface area (Å²) < 4.78 is 5.38. The van der Waals surface area contributed by atoms with Gasteiger partial charge in [-0.05, 0) is 19.3 Å². The smallest absolute Gasteiger partial charge is 0.228 e. The van der Waals surface area contributed by atoms with Crippen LogP contribution in [0.4, 0.5) is 5.95 Å². The molecule has 20 heavy (non-hydrogen) atoms. The Hall–Kier alpha value is -1.85. The van der Waals surface area contributed by atoms with E-state index in [2.05, 4.69) is 9.97 Å². The highest BCUT2D eigenvalue weighted by Gasteiger charge is 2.25. The number of rotatable bonds is 5. The molecule has 1 aromatic heterocycles. The van der Waals surface area contributed by atoms with Crippen LogP contribution in [0.2, 0.25) is 0 Å². The zero-order chi connectivity index (χ0) is 14.5. The molecule has 0 aromatic carbocycles. The molecule has 1 aromatic rings. The van der Waals surface area contributed by atoms with Crippen LogP contribution < -0.4 is 9.64 Å². The zero-order valence-corrected chi connectivity index (χ0v) is 12.4. The van der Waals surface area contributed by atoms with Crippen molar-refractivity contribution >= 4 is 11.9 Å². The quantitative estimate of drug-likeness (QED) is 0.809. The van der Waals surface area contributed by atoms with E-state index in [9.17, 15) is 4.79 Å². The summed E-state index contributed by atoms with van der Waals surface area (Å²) in [4.78, 5) is 23.9. The number of aromatic nitrogens is 2. The lowest BCUT2D eigenvalue weighted by Gasteiger charge is -2.21. The van der Waals surface area contributed by atoms with E-state index in [-0.39, 0.29) is 5.91 Å².